The van der Waals surface area contributed by atoms with Gasteiger partial charge in [0.1, 0.15) is 5.15 Å². The van der Waals surface area contributed by atoms with Gasteiger partial charge in [-0.05, 0) is 18.1 Å². The average Bonchev–Trinajstić information content (AvgIpc) is 2.08. The molecule has 1 atom stereocenters. The highest BCUT2D eigenvalue weighted by atomic mass is 35.5. The number of carbonyl (C=O) groups is 1. The van der Waals surface area contributed by atoms with Crippen molar-refractivity contribution < 1.29 is 4.79 Å². The van der Waals surface area contributed by atoms with Gasteiger partial charge < -0.3 is 5.73 Å². The standard InChI is InChI=1S/C9H11ClN2O/c1-6(9(11)13)4-7-2-3-8(10)12-5-7/h2-3,5-6H,4H2,1H3,(H2,11,13). The van der Waals surface area contributed by atoms with Crippen LogP contribution in [-0.4, -0.2) is 10.9 Å². The summed E-state index contributed by atoms with van der Waals surface area (Å²) in [6, 6.07) is 3.54. The van der Waals surface area contributed by atoms with Gasteiger partial charge >= 0.3 is 0 Å². The Morgan fingerprint density at radius 1 is 1.69 bits per heavy atom. The van der Waals surface area contributed by atoms with Crippen LogP contribution in [0.3, 0.4) is 0 Å². The molecule has 3 nitrogen and oxygen atoms in total. The van der Waals surface area contributed by atoms with E-state index < -0.39 is 0 Å². The molecule has 0 saturated heterocycles. The van der Waals surface area contributed by atoms with Gasteiger partial charge in [0, 0.05) is 12.1 Å². The van der Waals surface area contributed by atoms with Gasteiger partial charge in [-0.25, -0.2) is 4.98 Å². The summed E-state index contributed by atoms with van der Waals surface area (Å²) in [5.74, 6) is -0.460. The molecule has 1 rings (SSSR count). The fourth-order valence-corrected chi connectivity index (χ4v) is 1.09. The maximum Gasteiger partial charge on any atom is 0.220 e. The fourth-order valence-electron chi connectivity index (χ4n) is 0.981. The number of nitrogens with zero attached hydrogens (tertiary/aromatic N) is 1. The average molecular weight is 199 g/mol. The zero-order chi connectivity index (χ0) is 9.84. The number of carbonyl (C=O) groups excluding carboxylic acids is 1. The Morgan fingerprint density at radius 3 is 2.85 bits per heavy atom. The summed E-state index contributed by atoms with van der Waals surface area (Å²) in [7, 11) is 0. The van der Waals surface area contributed by atoms with Crippen LogP contribution in [0.1, 0.15) is 12.5 Å². The molecule has 0 radical (unpaired) electrons. The van der Waals surface area contributed by atoms with E-state index >= 15 is 0 Å². The molecule has 0 saturated carbocycles. The van der Waals surface area contributed by atoms with Crippen LogP contribution >= 0.6 is 11.6 Å². The number of hydrogen-bond acceptors (Lipinski definition) is 2. The van der Waals surface area contributed by atoms with Crippen molar-refractivity contribution in [1.82, 2.24) is 4.98 Å². The van der Waals surface area contributed by atoms with E-state index in [4.69, 9.17) is 17.3 Å². The third kappa shape index (κ3) is 3.03. The number of halogens is 1. The van der Waals surface area contributed by atoms with Crippen molar-refractivity contribution in [3.63, 3.8) is 0 Å². The van der Waals surface area contributed by atoms with Gasteiger partial charge in [0.25, 0.3) is 0 Å². The number of pyridine rings is 1. The molecule has 0 spiro atoms. The summed E-state index contributed by atoms with van der Waals surface area (Å²) in [4.78, 5) is 14.7. The molecular weight excluding hydrogens is 188 g/mol. The topological polar surface area (TPSA) is 56.0 Å². The van der Waals surface area contributed by atoms with E-state index in [2.05, 4.69) is 4.98 Å². The number of aromatic nitrogens is 1. The lowest BCUT2D eigenvalue weighted by molar-refractivity contribution is -0.121. The Bertz CT molecular complexity index is 297. The Labute approximate surface area is 81.9 Å². The largest absolute Gasteiger partial charge is 0.369 e. The minimum atomic E-state index is -0.296. The lowest BCUT2D eigenvalue weighted by atomic mass is 10.0. The predicted octanol–water partition coefficient (Wildman–Crippen LogP) is 1.40. The minimum Gasteiger partial charge on any atom is -0.369 e. The molecule has 0 aromatic carbocycles. The number of hydrogen-bond donors (Lipinski definition) is 1. The molecule has 0 bridgehead atoms. The van der Waals surface area contributed by atoms with Crippen molar-refractivity contribution in [3.8, 4) is 0 Å². The van der Waals surface area contributed by atoms with Crippen LogP contribution in [0.5, 0.6) is 0 Å². The molecule has 1 heterocycles. The highest BCUT2D eigenvalue weighted by Crippen LogP contribution is 2.09. The van der Waals surface area contributed by atoms with E-state index in [0.717, 1.165) is 5.56 Å². The highest BCUT2D eigenvalue weighted by molar-refractivity contribution is 6.29. The zero-order valence-corrected chi connectivity index (χ0v) is 8.08. The second kappa shape index (κ2) is 4.23. The van der Waals surface area contributed by atoms with Crippen LogP contribution in [0.4, 0.5) is 0 Å². The van der Waals surface area contributed by atoms with Crippen LogP contribution in [0.15, 0.2) is 18.3 Å². The van der Waals surface area contributed by atoms with E-state index in [-0.39, 0.29) is 11.8 Å². The monoisotopic (exact) mass is 198 g/mol. The quantitative estimate of drug-likeness (QED) is 0.747. The van der Waals surface area contributed by atoms with Crippen molar-refractivity contribution in [1.29, 1.82) is 0 Å². The van der Waals surface area contributed by atoms with Crippen molar-refractivity contribution in [2.24, 2.45) is 11.7 Å². The Morgan fingerprint density at radius 2 is 2.38 bits per heavy atom. The Balaban J connectivity index is 2.64. The molecular formula is C9H11ClN2O. The maximum atomic E-state index is 10.7. The molecule has 1 unspecified atom stereocenters. The summed E-state index contributed by atoms with van der Waals surface area (Å²) < 4.78 is 0. The van der Waals surface area contributed by atoms with Crippen LogP contribution in [0.2, 0.25) is 5.15 Å². The third-order valence-electron chi connectivity index (χ3n) is 1.82. The minimum absolute atomic E-state index is 0.164. The third-order valence-corrected chi connectivity index (χ3v) is 2.04. The van der Waals surface area contributed by atoms with E-state index in [0.29, 0.717) is 11.6 Å². The van der Waals surface area contributed by atoms with Crippen LogP contribution in [0.25, 0.3) is 0 Å². The first-order valence-corrected chi connectivity index (χ1v) is 4.37. The number of nitrogens with two attached hydrogens (primary N) is 1. The Kier molecular flexibility index (Phi) is 3.25. The van der Waals surface area contributed by atoms with E-state index in [9.17, 15) is 4.79 Å². The van der Waals surface area contributed by atoms with E-state index in [1.165, 1.54) is 0 Å². The maximum absolute atomic E-state index is 10.7. The van der Waals surface area contributed by atoms with Crippen LogP contribution < -0.4 is 5.73 Å². The molecule has 1 aromatic rings. The first-order valence-electron chi connectivity index (χ1n) is 3.99. The highest BCUT2D eigenvalue weighted by Gasteiger charge is 2.09. The first kappa shape index (κ1) is 9.99. The first-order chi connectivity index (χ1) is 6.09. The smallest absolute Gasteiger partial charge is 0.220 e. The molecule has 0 aliphatic carbocycles. The molecule has 0 fully saturated rings. The van der Waals surface area contributed by atoms with Gasteiger partial charge in [0.2, 0.25) is 5.91 Å². The summed E-state index contributed by atoms with van der Waals surface area (Å²) in [6.07, 6.45) is 2.27. The van der Waals surface area contributed by atoms with Gasteiger partial charge in [-0.2, -0.15) is 0 Å². The predicted molar refractivity (Wildman–Crippen MR) is 51.3 cm³/mol. The van der Waals surface area contributed by atoms with Crippen molar-refractivity contribution in [3.05, 3.63) is 29.0 Å². The van der Waals surface area contributed by atoms with Crippen molar-refractivity contribution in [2.45, 2.75) is 13.3 Å². The molecule has 0 aliphatic heterocycles. The second-order valence-corrected chi connectivity index (χ2v) is 3.38. The van der Waals surface area contributed by atoms with Crippen molar-refractivity contribution in [2.75, 3.05) is 0 Å². The molecule has 2 N–H and O–H groups in total. The molecule has 1 amide bonds. The van der Waals surface area contributed by atoms with Gasteiger partial charge in [-0.15, -0.1) is 0 Å². The normalized spacial score (nSPS) is 12.5. The number of primary amides is 1. The van der Waals surface area contributed by atoms with Gasteiger partial charge in [0.15, 0.2) is 0 Å². The number of rotatable bonds is 3. The lowest BCUT2D eigenvalue weighted by Gasteiger charge is -2.05. The molecule has 13 heavy (non-hydrogen) atoms. The van der Waals surface area contributed by atoms with Crippen LogP contribution in [0, 0.1) is 5.92 Å². The molecule has 70 valence electrons. The van der Waals surface area contributed by atoms with Crippen LogP contribution in [-0.2, 0) is 11.2 Å². The van der Waals surface area contributed by atoms with E-state index in [1.807, 2.05) is 6.07 Å². The summed E-state index contributed by atoms with van der Waals surface area (Å²) in [5, 5.41) is 0.454. The molecule has 0 aliphatic rings. The van der Waals surface area contributed by atoms with E-state index in [1.54, 1.807) is 19.2 Å². The SMILES string of the molecule is CC(Cc1ccc(Cl)nc1)C(N)=O. The summed E-state index contributed by atoms with van der Waals surface area (Å²) >= 11 is 5.61. The van der Waals surface area contributed by atoms with Gasteiger partial charge in [0.05, 0.1) is 0 Å². The fraction of sp³-hybridized carbons (Fsp3) is 0.333. The molecule has 4 heteroatoms. The molecule has 1 aromatic heterocycles. The second-order valence-electron chi connectivity index (χ2n) is 3.00. The summed E-state index contributed by atoms with van der Waals surface area (Å²) in [6.45, 7) is 1.79. The zero-order valence-electron chi connectivity index (χ0n) is 7.33. The Hall–Kier alpha value is -1.09. The summed E-state index contributed by atoms with van der Waals surface area (Å²) in [5.41, 5.74) is 6.10. The number of amides is 1. The lowest BCUT2D eigenvalue weighted by Crippen LogP contribution is -2.22. The van der Waals surface area contributed by atoms with Crippen molar-refractivity contribution >= 4 is 17.5 Å². The van der Waals surface area contributed by atoms with Gasteiger partial charge in [-0.1, -0.05) is 24.6 Å². The van der Waals surface area contributed by atoms with Gasteiger partial charge in [-0.3, -0.25) is 4.79 Å².